The molecular weight excluding hydrogens is 459 g/mol. The molecule has 0 aromatic carbocycles. The largest absolute Gasteiger partial charge is 0.403 e. The highest BCUT2D eigenvalue weighted by atomic mass is 31.2. The van der Waals surface area contributed by atoms with Gasteiger partial charge in [0.15, 0.2) is 12.5 Å². The van der Waals surface area contributed by atoms with E-state index in [1.165, 1.54) is 12.3 Å². The lowest BCUT2D eigenvalue weighted by molar-refractivity contribution is -0.252. The molecular formula is C15H25N4O12P. The van der Waals surface area contributed by atoms with E-state index in [1.807, 2.05) is 5.09 Å². The summed E-state index contributed by atoms with van der Waals surface area (Å²) < 4.78 is 28.3. The van der Waals surface area contributed by atoms with Gasteiger partial charge >= 0.3 is 13.4 Å². The number of aliphatic hydroxyl groups excluding tert-OH is 6. The van der Waals surface area contributed by atoms with Crippen LogP contribution in [0.1, 0.15) is 6.23 Å². The molecule has 32 heavy (non-hydrogen) atoms. The zero-order valence-electron chi connectivity index (χ0n) is 16.4. The molecule has 0 saturated carbocycles. The molecule has 2 unspecified atom stereocenters. The Morgan fingerprint density at radius 1 is 1.12 bits per heavy atom. The first-order valence-corrected chi connectivity index (χ1v) is 10.9. The van der Waals surface area contributed by atoms with Gasteiger partial charge in [-0.2, -0.15) is 4.98 Å². The van der Waals surface area contributed by atoms with Gasteiger partial charge in [-0.3, -0.25) is 9.09 Å². The van der Waals surface area contributed by atoms with Gasteiger partial charge < -0.3 is 50.7 Å². The van der Waals surface area contributed by atoms with E-state index in [9.17, 15) is 39.8 Å². The first-order valence-electron chi connectivity index (χ1n) is 9.37. The lowest BCUT2D eigenvalue weighted by atomic mass is 9.98. The normalized spacial score (nSPS) is 39.7. The molecule has 0 radical (unpaired) electrons. The Bertz CT molecular complexity index is 903. The van der Waals surface area contributed by atoms with Gasteiger partial charge in [0.1, 0.15) is 42.4 Å². The predicted octanol–water partition coefficient (Wildman–Crippen LogP) is -5.05. The Kier molecular flexibility index (Phi) is 7.66. The second-order valence-corrected chi connectivity index (χ2v) is 8.85. The van der Waals surface area contributed by atoms with Gasteiger partial charge in [-0.1, -0.05) is 0 Å². The second-order valence-electron chi connectivity index (χ2n) is 7.29. The molecule has 0 amide bonds. The van der Waals surface area contributed by atoms with E-state index in [0.717, 1.165) is 4.57 Å². The van der Waals surface area contributed by atoms with E-state index in [4.69, 9.17) is 24.8 Å². The third-order valence-electron chi connectivity index (χ3n) is 5.09. The fraction of sp³-hybridized carbons (Fsp3) is 0.733. The molecule has 17 heteroatoms. The fourth-order valence-corrected chi connectivity index (χ4v) is 4.43. The van der Waals surface area contributed by atoms with Gasteiger partial charge in [0, 0.05) is 6.20 Å². The fourth-order valence-electron chi connectivity index (χ4n) is 3.35. The summed E-state index contributed by atoms with van der Waals surface area (Å²) in [5.41, 5.74) is 4.53. The van der Waals surface area contributed by atoms with Crippen molar-refractivity contribution in [2.24, 2.45) is 0 Å². The molecule has 10 N–H and O–H groups in total. The number of nitrogen functional groups attached to an aromatic ring is 1. The molecule has 3 rings (SSSR count). The SMILES string of the molecule is Nc1ccn([C@@H]2O[C@H](COP(=O)(O)N[C@H]3C(O)O[C@H](CO)[C@@H](O)[C@@H]3O)[C@@H](O)[C@H]2O)c(=O)n1. The monoisotopic (exact) mass is 484 g/mol. The Labute approximate surface area is 180 Å². The lowest BCUT2D eigenvalue weighted by Crippen LogP contribution is -2.62. The van der Waals surface area contributed by atoms with Crippen molar-refractivity contribution in [2.75, 3.05) is 18.9 Å². The molecule has 0 aliphatic carbocycles. The number of nitrogens with zero attached hydrogens (tertiary/aromatic N) is 2. The smallest absolute Gasteiger partial charge is 0.394 e. The van der Waals surface area contributed by atoms with Crippen molar-refractivity contribution in [2.45, 2.75) is 55.2 Å². The summed E-state index contributed by atoms with van der Waals surface area (Å²) in [6, 6.07) is -0.408. The van der Waals surface area contributed by atoms with E-state index < -0.39 is 81.8 Å². The maximum absolute atomic E-state index is 12.4. The van der Waals surface area contributed by atoms with Gasteiger partial charge in [0.2, 0.25) is 0 Å². The van der Waals surface area contributed by atoms with Crippen molar-refractivity contribution >= 4 is 13.6 Å². The number of ether oxygens (including phenoxy) is 2. The standard InChI is InChI=1S/C15H25N4O12P/c16-7-1-2-19(15(26)17-7)13-12(24)10(22)6(30-13)4-29-32(27,28)18-8-11(23)9(21)5(3-20)31-14(8)25/h1-2,5-6,8-14,20-25H,3-4H2,(H2,16,17,26)(H2,18,27,28)/t5-,6-,8-,9-,10-,11-,12-,13-,14?/m1/s1. The minimum absolute atomic E-state index is 0.0713. The van der Waals surface area contributed by atoms with Crippen LogP contribution in [0.15, 0.2) is 17.1 Å². The molecule has 182 valence electrons. The molecule has 10 atom stereocenters. The first kappa shape index (κ1) is 25.1. The summed E-state index contributed by atoms with van der Waals surface area (Å²) in [5, 5.41) is 61.1. The number of rotatable bonds is 7. The summed E-state index contributed by atoms with van der Waals surface area (Å²) in [6.45, 7) is -1.48. The number of hydrogen-bond donors (Lipinski definition) is 9. The highest BCUT2D eigenvalue weighted by Gasteiger charge is 2.48. The van der Waals surface area contributed by atoms with Gasteiger partial charge in [-0.05, 0) is 6.07 Å². The van der Waals surface area contributed by atoms with Crippen LogP contribution in [0.5, 0.6) is 0 Å². The highest BCUT2D eigenvalue weighted by Crippen LogP contribution is 2.41. The molecule has 3 heterocycles. The zero-order chi connectivity index (χ0) is 23.8. The van der Waals surface area contributed by atoms with Gasteiger partial charge in [0.25, 0.3) is 0 Å². The maximum Gasteiger partial charge on any atom is 0.403 e. The highest BCUT2D eigenvalue weighted by molar-refractivity contribution is 7.50. The Morgan fingerprint density at radius 3 is 2.41 bits per heavy atom. The number of aliphatic hydroxyl groups is 6. The van der Waals surface area contributed by atoms with Crippen molar-refractivity contribution in [1.29, 1.82) is 0 Å². The molecule has 0 spiro atoms. The predicted molar refractivity (Wildman–Crippen MR) is 102 cm³/mol. The van der Waals surface area contributed by atoms with Crippen LogP contribution in [0.2, 0.25) is 0 Å². The maximum atomic E-state index is 12.4. The van der Waals surface area contributed by atoms with Crippen molar-refractivity contribution in [3.63, 3.8) is 0 Å². The lowest BCUT2D eigenvalue weighted by Gasteiger charge is -2.40. The molecule has 2 fully saturated rings. The third kappa shape index (κ3) is 5.17. The Hall–Kier alpha value is -1.53. The molecule has 0 bridgehead atoms. The van der Waals surface area contributed by atoms with Gasteiger partial charge in [-0.25, -0.2) is 14.4 Å². The summed E-state index contributed by atoms with van der Waals surface area (Å²) >= 11 is 0. The summed E-state index contributed by atoms with van der Waals surface area (Å²) in [4.78, 5) is 25.4. The topological polar surface area (TPSA) is 259 Å². The molecule has 2 saturated heterocycles. The van der Waals surface area contributed by atoms with E-state index in [2.05, 4.69) is 4.98 Å². The molecule has 16 nitrogen and oxygen atoms in total. The summed E-state index contributed by atoms with van der Waals surface area (Å²) in [6.07, 6.45) is -11.5. The zero-order valence-corrected chi connectivity index (χ0v) is 17.3. The van der Waals surface area contributed by atoms with Crippen LogP contribution >= 0.6 is 7.75 Å². The molecule has 1 aromatic rings. The molecule has 1 aromatic heterocycles. The van der Waals surface area contributed by atoms with Crippen LogP contribution in [0.4, 0.5) is 5.82 Å². The van der Waals surface area contributed by atoms with Crippen molar-refractivity contribution in [3.8, 4) is 0 Å². The number of nitrogens with two attached hydrogens (primary N) is 1. The quantitative estimate of drug-likeness (QED) is 0.164. The van der Waals surface area contributed by atoms with E-state index in [-0.39, 0.29) is 5.82 Å². The van der Waals surface area contributed by atoms with Gasteiger partial charge in [-0.15, -0.1) is 0 Å². The summed E-state index contributed by atoms with van der Waals surface area (Å²) in [5.74, 6) is -0.0713. The first-order chi connectivity index (χ1) is 14.9. The minimum atomic E-state index is -4.79. The van der Waals surface area contributed by atoms with Crippen molar-refractivity contribution in [1.82, 2.24) is 14.6 Å². The van der Waals surface area contributed by atoms with Crippen LogP contribution < -0.4 is 16.5 Å². The summed E-state index contributed by atoms with van der Waals surface area (Å²) in [7, 11) is -4.79. The van der Waals surface area contributed by atoms with Gasteiger partial charge in [0.05, 0.1) is 19.3 Å². The van der Waals surface area contributed by atoms with Crippen molar-refractivity contribution < 1.29 is 54.1 Å². The molecule has 2 aliphatic heterocycles. The number of nitrogens with one attached hydrogen (secondary N) is 1. The number of aromatic nitrogens is 2. The van der Waals surface area contributed by atoms with Crippen LogP contribution in [0.3, 0.4) is 0 Å². The van der Waals surface area contributed by atoms with Crippen LogP contribution in [0, 0.1) is 0 Å². The average Bonchev–Trinajstić information content (AvgIpc) is 3.01. The minimum Gasteiger partial charge on any atom is -0.394 e. The van der Waals surface area contributed by atoms with Crippen LogP contribution in [0.25, 0.3) is 0 Å². The van der Waals surface area contributed by atoms with E-state index in [0.29, 0.717) is 0 Å². The number of hydrogen-bond acceptors (Lipinski definition) is 13. The van der Waals surface area contributed by atoms with E-state index >= 15 is 0 Å². The number of anilines is 1. The molecule has 2 aliphatic rings. The van der Waals surface area contributed by atoms with Crippen LogP contribution in [-0.2, 0) is 18.6 Å². The Balaban J connectivity index is 1.63. The Morgan fingerprint density at radius 2 is 1.78 bits per heavy atom. The average molecular weight is 484 g/mol. The third-order valence-corrected chi connectivity index (χ3v) is 6.21. The second kappa shape index (κ2) is 9.76. The van der Waals surface area contributed by atoms with Crippen LogP contribution in [-0.4, -0.2) is 107 Å². The van der Waals surface area contributed by atoms with Crippen molar-refractivity contribution in [3.05, 3.63) is 22.7 Å². The van der Waals surface area contributed by atoms with E-state index in [1.54, 1.807) is 0 Å².